The van der Waals surface area contributed by atoms with Crippen molar-refractivity contribution in [2.75, 3.05) is 5.75 Å². The summed E-state index contributed by atoms with van der Waals surface area (Å²) >= 11 is 4.69. The average molecular weight is 312 g/mol. The molecule has 0 aliphatic rings. The maximum atomic E-state index is 10.5. The number of rotatable bonds is 3. The summed E-state index contributed by atoms with van der Waals surface area (Å²) in [6, 6.07) is 7.82. The number of thioether (sulfide) groups is 1. The van der Waals surface area contributed by atoms with Crippen LogP contribution in [0.4, 0.5) is 0 Å². The smallest absolute Gasteiger partial charge is 0.313 e. The SMILES string of the molecule is Cc1cc(SCC(=O)O)nc2c(Br)cccc12. The molecule has 0 fully saturated rings. The third kappa shape index (κ3) is 2.79. The number of nitrogens with zero attached hydrogens (tertiary/aromatic N) is 1. The number of para-hydroxylation sites is 1. The van der Waals surface area contributed by atoms with Gasteiger partial charge in [0, 0.05) is 9.86 Å². The number of aliphatic carboxylic acids is 1. The quantitative estimate of drug-likeness (QED) is 0.882. The van der Waals surface area contributed by atoms with Crippen molar-refractivity contribution in [3.8, 4) is 0 Å². The second kappa shape index (κ2) is 5.06. The van der Waals surface area contributed by atoms with Crippen LogP contribution in [-0.4, -0.2) is 21.8 Å². The summed E-state index contributed by atoms with van der Waals surface area (Å²) in [4.78, 5) is 15.0. The Morgan fingerprint density at radius 2 is 2.29 bits per heavy atom. The molecule has 88 valence electrons. The molecule has 0 saturated heterocycles. The first-order valence-corrected chi connectivity index (χ1v) is 6.76. The van der Waals surface area contributed by atoms with E-state index in [0.29, 0.717) is 0 Å². The minimum absolute atomic E-state index is 0.0302. The van der Waals surface area contributed by atoms with Crippen LogP contribution < -0.4 is 0 Å². The summed E-state index contributed by atoms with van der Waals surface area (Å²) in [5.41, 5.74) is 1.98. The third-order valence-corrected chi connectivity index (χ3v) is 3.85. The normalized spacial score (nSPS) is 10.7. The summed E-state index contributed by atoms with van der Waals surface area (Å²) in [6.07, 6.45) is 0. The van der Waals surface area contributed by atoms with E-state index in [1.54, 1.807) is 0 Å². The number of pyridine rings is 1. The van der Waals surface area contributed by atoms with Gasteiger partial charge in [0.15, 0.2) is 0 Å². The maximum absolute atomic E-state index is 10.5. The lowest BCUT2D eigenvalue weighted by Gasteiger charge is -2.06. The van der Waals surface area contributed by atoms with Crippen molar-refractivity contribution in [1.82, 2.24) is 4.98 Å². The van der Waals surface area contributed by atoms with Crippen molar-refractivity contribution in [2.45, 2.75) is 11.9 Å². The second-order valence-electron chi connectivity index (χ2n) is 3.60. The topological polar surface area (TPSA) is 50.2 Å². The monoisotopic (exact) mass is 311 g/mol. The number of hydrogen-bond acceptors (Lipinski definition) is 3. The molecule has 0 spiro atoms. The van der Waals surface area contributed by atoms with Gasteiger partial charge in [0.2, 0.25) is 0 Å². The Morgan fingerprint density at radius 3 is 3.00 bits per heavy atom. The number of fused-ring (bicyclic) bond motifs is 1. The Kier molecular flexibility index (Phi) is 3.69. The lowest BCUT2D eigenvalue weighted by molar-refractivity contribution is -0.133. The van der Waals surface area contributed by atoms with Crippen LogP contribution >= 0.6 is 27.7 Å². The molecule has 0 bridgehead atoms. The molecule has 0 aliphatic carbocycles. The molecule has 0 amide bonds. The van der Waals surface area contributed by atoms with Crippen molar-refractivity contribution in [3.63, 3.8) is 0 Å². The molecule has 0 unspecified atom stereocenters. The van der Waals surface area contributed by atoms with E-state index in [0.717, 1.165) is 26.0 Å². The molecule has 0 saturated carbocycles. The molecule has 2 aromatic rings. The second-order valence-corrected chi connectivity index (χ2v) is 5.45. The molecule has 3 nitrogen and oxygen atoms in total. The fourth-order valence-corrected chi connectivity index (χ4v) is 2.70. The van der Waals surface area contributed by atoms with Crippen molar-refractivity contribution < 1.29 is 9.90 Å². The average Bonchev–Trinajstić information content (AvgIpc) is 2.28. The number of carboxylic acid groups (broad SMARTS) is 1. The molecule has 1 aromatic heterocycles. The highest BCUT2D eigenvalue weighted by Gasteiger charge is 2.07. The largest absolute Gasteiger partial charge is 0.481 e. The number of hydrogen-bond donors (Lipinski definition) is 1. The Bertz CT molecular complexity index is 586. The molecule has 0 atom stereocenters. The first-order chi connectivity index (χ1) is 8.08. The van der Waals surface area contributed by atoms with Crippen LogP contribution in [0.3, 0.4) is 0 Å². The first kappa shape index (κ1) is 12.4. The van der Waals surface area contributed by atoms with Gasteiger partial charge in [0.25, 0.3) is 0 Å². The zero-order chi connectivity index (χ0) is 12.4. The third-order valence-electron chi connectivity index (χ3n) is 2.32. The molecule has 17 heavy (non-hydrogen) atoms. The Morgan fingerprint density at radius 1 is 1.53 bits per heavy atom. The van der Waals surface area contributed by atoms with Gasteiger partial charge in [-0.15, -0.1) is 0 Å². The standard InChI is InChI=1S/C12H10BrNO2S/c1-7-5-10(17-6-11(15)16)14-12-8(7)3-2-4-9(12)13/h2-5H,6H2,1H3,(H,15,16). The lowest BCUT2D eigenvalue weighted by Crippen LogP contribution is -1.98. The molecule has 2 rings (SSSR count). The zero-order valence-corrected chi connectivity index (χ0v) is 11.5. The predicted octanol–water partition coefficient (Wildman–Crippen LogP) is 3.48. The number of carbonyl (C=O) groups is 1. The van der Waals surface area contributed by atoms with E-state index >= 15 is 0 Å². The fraction of sp³-hybridized carbons (Fsp3) is 0.167. The van der Waals surface area contributed by atoms with Crippen molar-refractivity contribution in [3.05, 3.63) is 34.3 Å². The fourth-order valence-electron chi connectivity index (χ4n) is 1.56. The van der Waals surface area contributed by atoms with E-state index in [1.807, 2.05) is 31.2 Å². The Balaban J connectivity index is 2.46. The number of carboxylic acids is 1. The van der Waals surface area contributed by atoms with E-state index in [-0.39, 0.29) is 5.75 Å². The highest BCUT2D eigenvalue weighted by molar-refractivity contribution is 9.10. The van der Waals surface area contributed by atoms with Crippen LogP contribution in [0.5, 0.6) is 0 Å². The Hall–Kier alpha value is -1.07. The van der Waals surface area contributed by atoms with Crippen molar-refractivity contribution in [1.29, 1.82) is 0 Å². The minimum Gasteiger partial charge on any atom is -0.481 e. The van der Waals surface area contributed by atoms with E-state index < -0.39 is 5.97 Å². The number of halogens is 1. The molecular weight excluding hydrogens is 302 g/mol. The summed E-state index contributed by atoms with van der Waals surface area (Å²) < 4.78 is 0.927. The van der Waals surface area contributed by atoms with Gasteiger partial charge < -0.3 is 5.11 Å². The van der Waals surface area contributed by atoms with Gasteiger partial charge in [0.1, 0.15) is 0 Å². The van der Waals surface area contributed by atoms with Gasteiger partial charge in [-0.1, -0.05) is 23.9 Å². The lowest BCUT2D eigenvalue weighted by atomic mass is 10.1. The van der Waals surface area contributed by atoms with E-state index in [9.17, 15) is 4.79 Å². The first-order valence-electron chi connectivity index (χ1n) is 4.98. The number of aromatic nitrogens is 1. The molecule has 0 radical (unpaired) electrons. The summed E-state index contributed by atoms with van der Waals surface area (Å²) in [5, 5.41) is 10.5. The zero-order valence-electron chi connectivity index (χ0n) is 9.11. The summed E-state index contributed by atoms with van der Waals surface area (Å²) in [6.45, 7) is 2.00. The van der Waals surface area contributed by atoms with Crippen molar-refractivity contribution >= 4 is 44.6 Å². The van der Waals surface area contributed by atoms with Crippen LogP contribution in [0.2, 0.25) is 0 Å². The van der Waals surface area contributed by atoms with Gasteiger partial charge in [-0.05, 0) is 40.5 Å². The van der Waals surface area contributed by atoms with Gasteiger partial charge in [0.05, 0.1) is 16.3 Å². The van der Waals surface area contributed by atoms with Gasteiger partial charge in [-0.25, -0.2) is 4.98 Å². The number of benzene rings is 1. The molecule has 5 heteroatoms. The van der Waals surface area contributed by atoms with Gasteiger partial charge >= 0.3 is 5.97 Å². The highest BCUT2D eigenvalue weighted by Crippen LogP contribution is 2.28. The van der Waals surface area contributed by atoms with Gasteiger partial charge in [-0.3, -0.25) is 4.79 Å². The highest BCUT2D eigenvalue weighted by atomic mass is 79.9. The van der Waals surface area contributed by atoms with E-state index in [4.69, 9.17) is 5.11 Å². The predicted molar refractivity (Wildman–Crippen MR) is 72.5 cm³/mol. The van der Waals surface area contributed by atoms with E-state index in [2.05, 4.69) is 20.9 Å². The number of aryl methyl sites for hydroxylation is 1. The summed E-state index contributed by atoms with van der Waals surface area (Å²) in [5.74, 6) is -0.802. The van der Waals surface area contributed by atoms with E-state index in [1.165, 1.54) is 11.8 Å². The molecule has 1 aromatic carbocycles. The van der Waals surface area contributed by atoms with Crippen LogP contribution in [-0.2, 0) is 4.79 Å². The molecule has 1 N–H and O–H groups in total. The minimum atomic E-state index is -0.832. The Labute approximate surface area is 111 Å². The van der Waals surface area contributed by atoms with Crippen LogP contribution in [0.25, 0.3) is 10.9 Å². The molecule has 0 aliphatic heterocycles. The van der Waals surface area contributed by atoms with Crippen LogP contribution in [0.15, 0.2) is 33.8 Å². The molecular formula is C12H10BrNO2S. The van der Waals surface area contributed by atoms with Gasteiger partial charge in [-0.2, -0.15) is 0 Å². The maximum Gasteiger partial charge on any atom is 0.313 e. The van der Waals surface area contributed by atoms with Crippen LogP contribution in [0, 0.1) is 6.92 Å². The van der Waals surface area contributed by atoms with Crippen LogP contribution in [0.1, 0.15) is 5.56 Å². The van der Waals surface area contributed by atoms with Crippen molar-refractivity contribution in [2.24, 2.45) is 0 Å². The molecule has 1 heterocycles. The summed E-state index contributed by atoms with van der Waals surface area (Å²) in [7, 11) is 0.